The minimum Gasteiger partial charge on any atom is -0.393 e. The van der Waals surface area contributed by atoms with Crippen LogP contribution in [-0.2, 0) is 4.57 Å². The van der Waals surface area contributed by atoms with Crippen LogP contribution in [0, 0.1) is 0 Å². The fourth-order valence-electron chi connectivity index (χ4n) is 1.89. The summed E-state index contributed by atoms with van der Waals surface area (Å²) in [6.45, 7) is 7.80. The molecule has 0 aliphatic heterocycles. The number of benzene rings is 1. The monoisotopic (exact) mass is 254 g/mol. The van der Waals surface area contributed by atoms with Gasteiger partial charge in [0, 0.05) is 16.6 Å². The number of aliphatic hydroxyl groups is 1. The maximum atomic E-state index is 13.2. The van der Waals surface area contributed by atoms with Crippen molar-refractivity contribution in [1.29, 1.82) is 0 Å². The molecular formula is C14H23O2P. The minimum absolute atomic E-state index is 0.261. The van der Waals surface area contributed by atoms with Crippen LogP contribution in [0.1, 0.15) is 34.1 Å². The second kappa shape index (κ2) is 5.37. The van der Waals surface area contributed by atoms with Crippen LogP contribution in [0.5, 0.6) is 0 Å². The Morgan fingerprint density at radius 1 is 1.24 bits per heavy atom. The van der Waals surface area contributed by atoms with Crippen molar-refractivity contribution in [2.24, 2.45) is 0 Å². The van der Waals surface area contributed by atoms with Crippen molar-refractivity contribution in [2.45, 2.75) is 45.4 Å². The molecule has 1 aromatic rings. The quantitative estimate of drug-likeness (QED) is 0.837. The molecule has 0 aromatic heterocycles. The van der Waals surface area contributed by atoms with Crippen molar-refractivity contribution < 1.29 is 9.67 Å². The molecule has 17 heavy (non-hydrogen) atoms. The molecule has 0 saturated heterocycles. The molecule has 0 spiro atoms. The predicted octanol–water partition coefficient (Wildman–Crippen LogP) is 3.24. The zero-order chi connectivity index (χ0) is 13.1. The van der Waals surface area contributed by atoms with E-state index in [1.54, 1.807) is 6.92 Å². The van der Waals surface area contributed by atoms with Crippen molar-refractivity contribution in [3.8, 4) is 0 Å². The Morgan fingerprint density at radius 2 is 1.76 bits per heavy atom. The lowest BCUT2D eigenvalue weighted by molar-refractivity contribution is 0.191. The smallest absolute Gasteiger partial charge is 0.120 e. The average Bonchev–Trinajstić information content (AvgIpc) is 2.25. The Kier molecular flexibility index (Phi) is 4.57. The van der Waals surface area contributed by atoms with E-state index in [0.29, 0.717) is 12.6 Å². The summed E-state index contributed by atoms with van der Waals surface area (Å²) in [5, 5.41) is 10.1. The first-order valence-electron chi connectivity index (χ1n) is 6.10. The fourth-order valence-corrected chi connectivity index (χ4v) is 4.98. The van der Waals surface area contributed by atoms with Crippen molar-refractivity contribution in [3.05, 3.63) is 30.3 Å². The SMILES string of the molecule is CC(O)CCP(=O)(c1ccccc1)C(C)(C)C. The number of hydrogen-bond acceptors (Lipinski definition) is 2. The molecule has 0 amide bonds. The summed E-state index contributed by atoms with van der Waals surface area (Å²) >= 11 is 0. The standard InChI is InChI=1S/C14H23O2P/c1-12(15)10-11-17(16,14(2,3)4)13-8-6-5-7-9-13/h5-9,12,15H,10-11H2,1-4H3. The highest BCUT2D eigenvalue weighted by Crippen LogP contribution is 2.57. The van der Waals surface area contributed by atoms with Gasteiger partial charge in [-0.3, -0.25) is 0 Å². The molecular weight excluding hydrogens is 231 g/mol. The van der Waals surface area contributed by atoms with E-state index in [1.807, 2.05) is 51.1 Å². The van der Waals surface area contributed by atoms with Gasteiger partial charge in [0.15, 0.2) is 0 Å². The number of hydrogen-bond donors (Lipinski definition) is 1. The highest BCUT2D eigenvalue weighted by Gasteiger charge is 2.37. The van der Waals surface area contributed by atoms with Gasteiger partial charge in [0.1, 0.15) is 7.14 Å². The van der Waals surface area contributed by atoms with Crippen LogP contribution in [0.15, 0.2) is 30.3 Å². The molecule has 1 rings (SSSR count). The lowest BCUT2D eigenvalue weighted by Gasteiger charge is -2.32. The van der Waals surface area contributed by atoms with E-state index in [4.69, 9.17) is 0 Å². The number of rotatable bonds is 4. The molecule has 96 valence electrons. The average molecular weight is 254 g/mol. The van der Waals surface area contributed by atoms with E-state index < -0.39 is 13.2 Å². The largest absolute Gasteiger partial charge is 0.393 e. The van der Waals surface area contributed by atoms with Crippen LogP contribution in [-0.4, -0.2) is 22.5 Å². The summed E-state index contributed by atoms with van der Waals surface area (Å²) in [5.41, 5.74) is 0. The van der Waals surface area contributed by atoms with Gasteiger partial charge in [-0.2, -0.15) is 0 Å². The fraction of sp³-hybridized carbons (Fsp3) is 0.571. The van der Waals surface area contributed by atoms with Crippen LogP contribution in [0.25, 0.3) is 0 Å². The first kappa shape index (κ1) is 14.5. The summed E-state index contributed by atoms with van der Waals surface area (Å²) in [7, 11) is -2.47. The summed E-state index contributed by atoms with van der Waals surface area (Å²) in [6.07, 6.45) is 0.760. The molecule has 3 heteroatoms. The van der Waals surface area contributed by atoms with Gasteiger partial charge < -0.3 is 9.67 Å². The van der Waals surface area contributed by atoms with Crippen molar-refractivity contribution in [1.82, 2.24) is 0 Å². The third-order valence-electron chi connectivity index (χ3n) is 3.12. The molecule has 0 aliphatic carbocycles. The zero-order valence-electron chi connectivity index (χ0n) is 11.2. The van der Waals surface area contributed by atoms with E-state index in [-0.39, 0.29) is 5.16 Å². The van der Waals surface area contributed by atoms with Crippen LogP contribution in [0.3, 0.4) is 0 Å². The number of aliphatic hydroxyl groups excluding tert-OH is 1. The Labute approximate surface area is 104 Å². The summed E-state index contributed by atoms with van der Waals surface area (Å²) in [4.78, 5) is 0. The molecule has 0 fully saturated rings. The van der Waals surface area contributed by atoms with Crippen molar-refractivity contribution in [2.75, 3.05) is 6.16 Å². The van der Waals surface area contributed by atoms with Gasteiger partial charge >= 0.3 is 0 Å². The van der Waals surface area contributed by atoms with Gasteiger partial charge in [-0.25, -0.2) is 0 Å². The molecule has 1 aromatic carbocycles. The zero-order valence-corrected chi connectivity index (χ0v) is 12.1. The molecule has 2 nitrogen and oxygen atoms in total. The van der Waals surface area contributed by atoms with Gasteiger partial charge in [0.25, 0.3) is 0 Å². The summed E-state index contributed by atoms with van der Waals surface area (Å²) in [6, 6.07) is 9.67. The Hall–Kier alpha value is -0.590. The maximum Gasteiger partial charge on any atom is 0.120 e. The van der Waals surface area contributed by atoms with Crippen LogP contribution in [0.4, 0.5) is 0 Å². The van der Waals surface area contributed by atoms with Crippen molar-refractivity contribution in [3.63, 3.8) is 0 Å². The Bertz CT molecular complexity index is 390. The van der Waals surface area contributed by atoms with Gasteiger partial charge in [-0.15, -0.1) is 0 Å². The van der Waals surface area contributed by atoms with E-state index in [9.17, 15) is 9.67 Å². The van der Waals surface area contributed by atoms with Gasteiger partial charge in [-0.05, 0) is 13.3 Å². The third kappa shape index (κ3) is 3.43. The highest BCUT2D eigenvalue weighted by molar-refractivity contribution is 7.73. The first-order valence-corrected chi connectivity index (χ1v) is 7.99. The normalized spacial score (nSPS) is 17.5. The maximum absolute atomic E-state index is 13.2. The topological polar surface area (TPSA) is 37.3 Å². The molecule has 2 unspecified atom stereocenters. The molecule has 0 radical (unpaired) electrons. The third-order valence-corrected chi connectivity index (χ3v) is 7.31. The molecule has 0 heterocycles. The lowest BCUT2D eigenvalue weighted by Crippen LogP contribution is -2.26. The lowest BCUT2D eigenvalue weighted by atomic mass is 10.2. The van der Waals surface area contributed by atoms with E-state index in [0.717, 1.165) is 5.30 Å². The van der Waals surface area contributed by atoms with E-state index in [1.165, 1.54) is 0 Å². The van der Waals surface area contributed by atoms with Crippen molar-refractivity contribution >= 4 is 12.4 Å². The van der Waals surface area contributed by atoms with Crippen LogP contribution in [0.2, 0.25) is 0 Å². The highest BCUT2D eigenvalue weighted by atomic mass is 31.2. The van der Waals surface area contributed by atoms with Gasteiger partial charge in [-0.1, -0.05) is 51.1 Å². The van der Waals surface area contributed by atoms with Crippen LogP contribution < -0.4 is 5.30 Å². The summed E-state index contributed by atoms with van der Waals surface area (Å²) in [5.74, 6) is 0. The Morgan fingerprint density at radius 3 is 2.18 bits per heavy atom. The van der Waals surface area contributed by atoms with E-state index in [2.05, 4.69) is 0 Å². The second-order valence-corrected chi connectivity index (χ2v) is 9.39. The second-order valence-electron chi connectivity index (χ2n) is 5.61. The molecule has 1 N–H and O–H groups in total. The van der Waals surface area contributed by atoms with E-state index >= 15 is 0 Å². The molecule has 0 bridgehead atoms. The molecule has 0 saturated carbocycles. The Balaban J connectivity index is 3.08. The summed E-state index contributed by atoms with van der Waals surface area (Å²) < 4.78 is 13.2. The van der Waals surface area contributed by atoms with Gasteiger partial charge in [0.2, 0.25) is 0 Å². The first-order chi connectivity index (χ1) is 7.77. The molecule has 2 atom stereocenters. The van der Waals surface area contributed by atoms with Gasteiger partial charge in [0.05, 0.1) is 6.10 Å². The van der Waals surface area contributed by atoms with Crippen LogP contribution >= 0.6 is 7.14 Å². The molecule has 0 aliphatic rings. The predicted molar refractivity (Wildman–Crippen MR) is 74.6 cm³/mol. The minimum atomic E-state index is -2.47.